The molecule has 0 N–H and O–H groups in total. The van der Waals surface area contributed by atoms with E-state index in [0.29, 0.717) is 0 Å². The zero-order valence-corrected chi connectivity index (χ0v) is 10.4. The van der Waals surface area contributed by atoms with Crippen LogP contribution in [0.4, 0.5) is 0 Å². The van der Waals surface area contributed by atoms with Crippen molar-refractivity contribution in [1.82, 2.24) is 9.13 Å². The molecule has 3 nitrogen and oxygen atoms in total. The molecule has 0 aliphatic carbocycles. The third-order valence-corrected chi connectivity index (χ3v) is 3.18. The van der Waals surface area contributed by atoms with Crippen LogP contribution in [0.3, 0.4) is 0 Å². The number of fused-ring (bicyclic) bond motifs is 1. The Bertz CT molecular complexity index is 607. The number of aryl methyl sites for hydroxylation is 1. The fourth-order valence-corrected chi connectivity index (χ4v) is 2.30. The number of rotatable bonds is 2. The van der Waals surface area contributed by atoms with E-state index in [1.54, 1.807) is 27.9 Å². The third kappa shape index (κ3) is 1.59. The summed E-state index contributed by atoms with van der Waals surface area (Å²) in [6.07, 6.45) is 1.99. The molecule has 0 saturated carbocycles. The second kappa shape index (κ2) is 4.22. The second-order valence-electron chi connectivity index (χ2n) is 3.66. The number of hydrogen-bond donors (Lipinski definition) is 0. The average molecular weight is 234 g/mol. The van der Waals surface area contributed by atoms with Crippen molar-refractivity contribution in [2.24, 2.45) is 7.05 Å². The molecule has 0 unspecified atom stereocenters. The van der Waals surface area contributed by atoms with Crippen LogP contribution in [0.25, 0.3) is 16.7 Å². The van der Waals surface area contributed by atoms with Gasteiger partial charge in [0.15, 0.2) is 0 Å². The standard InChI is InChI=1S/C12H14N2OS/c1-9(8-16-3)14-11-7-5-4-6-10(11)13(2)12(14)15/h4-8H,1-3H3. The van der Waals surface area contributed by atoms with Gasteiger partial charge in [-0.3, -0.25) is 9.13 Å². The molecule has 0 bridgehead atoms. The summed E-state index contributed by atoms with van der Waals surface area (Å²) >= 11 is 1.60. The lowest BCUT2D eigenvalue weighted by Gasteiger charge is -2.01. The van der Waals surface area contributed by atoms with E-state index in [1.807, 2.05) is 42.9 Å². The smallest absolute Gasteiger partial charge is 0.295 e. The first-order valence-electron chi connectivity index (χ1n) is 5.03. The summed E-state index contributed by atoms with van der Waals surface area (Å²) < 4.78 is 3.42. The van der Waals surface area contributed by atoms with Crippen LogP contribution in [0.5, 0.6) is 0 Å². The Morgan fingerprint density at radius 3 is 2.56 bits per heavy atom. The minimum atomic E-state index is 0.00370. The van der Waals surface area contributed by atoms with Crippen molar-refractivity contribution in [2.45, 2.75) is 6.92 Å². The zero-order chi connectivity index (χ0) is 11.7. The van der Waals surface area contributed by atoms with Crippen LogP contribution in [0, 0.1) is 0 Å². The van der Waals surface area contributed by atoms with E-state index in [2.05, 4.69) is 0 Å². The minimum Gasteiger partial charge on any atom is -0.295 e. The number of aromatic nitrogens is 2. The number of imidazole rings is 1. The van der Waals surface area contributed by atoms with Gasteiger partial charge < -0.3 is 0 Å². The van der Waals surface area contributed by atoms with Gasteiger partial charge >= 0.3 is 5.69 Å². The molecule has 0 aliphatic rings. The lowest BCUT2D eigenvalue weighted by Crippen LogP contribution is -2.20. The Kier molecular flexibility index (Phi) is 2.92. The topological polar surface area (TPSA) is 26.9 Å². The van der Waals surface area contributed by atoms with Crippen LogP contribution in [0.1, 0.15) is 6.92 Å². The molecule has 0 atom stereocenters. The van der Waals surface area contributed by atoms with Crippen LogP contribution in [0.2, 0.25) is 0 Å². The summed E-state index contributed by atoms with van der Waals surface area (Å²) in [6, 6.07) is 7.82. The molecule has 0 amide bonds. The SMILES string of the molecule is CSC=C(C)n1c(=O)n(C)c2ccccc21. The molecule has 1 heterocycles. The van der Waals surface area contributed by atoms with Crippen molar-refractivity contribution in [2.75, 3.05) is 6.26 Å². The quantitative estimate of drug-likeness (QED) is 0.798. The van der Waals surface area contributed by atoms with Crippen molar-refractivity contribution >= 4 is 28.5 Å². The lowest BCUT2D eigenvalue weighted by atomic mass is 10.3. The Morgan fingerprint density at radius 2 is 1.94 bits per heavy atom. The maximum Gasteiger partial charge on any atom is 0.333 e. The van der Waals surface area contributed by atoms with Crippen LogP contribution in [-0.4, -0.2) is 15.4 Å². The fraction of sp³-hybridized carbons (Fsp3) is 0.250. The van der Waals surface area contributed by atoms with Gasteiger partial charge in [-0.25, -0.2) is 4.79 Å². The Morgan fingerprint density at radius 1 is 1.31 bits per heavy atom. The molecule has 0 fully saturated rings. The maximum absolute atomic E-state index is 12.1. The van der Waals surface area contributed by atoms with Gasteiger partial charge in [0.2, 0.25) is 0 Å². The number of nitrogens with zero attached hydrogens (tertiary/aromatic N) is 2. The maximum atomic E-state index is 12.1. The normalized spacial score (nSPS) is 12.3. The Labute approximate surface area is 98.4 Å². The van der Waals surface area contributed by atoms with E-state index in [0.717, 1.165) is 16.7 Å². The number of thioether (sulfide) groups is 1. The Balaban J connectivity index is 2.84. The second-order valence-corrected chi connectivity index (χ2v) is 4.37. The first-order chi connectivity index (χ1) is 7.66. The van der Waals surface area contributed by atoms with Crippen LogP contribution < -0.4 is 5.69 Å². The highest BCUT2D eigenvalue weighted by atomic mass is 32.2. The summed E-state index contributed by atoms with van der Waals surface area (Å²) in [5, 5.41) is 1.98. The van der Waals surface area contributed by atoms with E-state index >= 15 is 0 Å². The number of allylic oxidation sites excluding steroid dienone is 1. The summed E-state index contributed by atoms with van der Waals surface area (Å²) in [7, 11) is 1.80. The highest BCUT2D eigenvalue weighted by molar-refractivity contribution is 8.01. The van der Waals surface area contributed by atoms with Gasteiger partial charge in [-0.05, 0) is 30.7 Å². The molecule has 1 aromatic heterocycles. The molecule has 0 spiro atoms. The number of para-hydroxylation sites is 2. The van der Waals surface area contributed by atoms with Crippen LogP contribution in [0.15, 0.2) is 34.5 Å². The molecule has 4 heteroatoms. The molecule has 2 rings (SSSR count). The van der Waals surface area contributed by atoms with E-state index in [4.69, 9.17) is 0 Å². The van der Waals surface area contributed by atoms with E-state index in [1.165, 1.54) is 0 Å². The molecule has 16 heavy (non-hydrogen) atoms. The average Bonchev–Trinajstić information content (AvgIpc) is 2.53. The molecule has 2 aromatic rings. The number of hydrogen-bond acceptors (Lipinski definition) is 2. The predicted molar refractivity (Wildman–Crippen MR) is 70.6 cm³/mol. The van der Waals surface area contributed by atoms with E-state index in [-0.39, 0.29) is 5.69 Å². The van der Waals surface area contributed by atoms with E-state index < -0.39 is 0 Å². The van der Waals surface area contributed by atoms with Crippen molar-refractivity contribution in [3.8, 4) is 0 Å². The van der Waals surface area contributed by atoms with Crippen molar-refractivity contribution in [3.05, 3.63) is 40.2 Å². The van der Waals surface area contributed by atoms with E-state index in [9.17, 15) is 4.79 Å². The number of benzene rings is 1. The molecular formula is C12H14N2OS. The molecule has 1 aromatic carbocycles. The highest BCUT2D eigenvalue weighted by Gasteiger charge is 2.10. The largest absolute Gasteiger partial charge is 0.333 e. The summed E-state index contributed by atoms with van der Waals surface area (Å²) in [5.74, 6) is 0. The summed E-state index contributed by atoms with van der Waals surface area (Å²) in [6.45, 7) is 1.95. The molecule has 0 saturated heterocycles. The molecule has 84 valence electrons. The van der Waals surface area contributed by atoms with Gasteiger partial charge in [-0.15, -0.1) is 11.8 Å². The molecule has 0 radical (unpaired) electrons. The first-order valence-corrected chi connectivity index (χ1v) is 6.32. The summed E-state index contributed by atoms with van der Waals surface area (Å²) in [5.41, 5.74) is 2.87. The van der Waals surface area contributed by atoms with Crippen molar-refractivity contribution in [3.63, 3.8) is 0 Å². The van der Waals surface area contributed by atoms with Crippen LogP contribution in [-0.2, 0) is 7.05 Å². The Hall–Kier alpha value is -1.42. The van der Waals surface area contributed by atoms with Gasteiger partial charge in [-0.2, -0.15) is 0 Å². The van der Waals surface area contributed by atoms with Gasteiger partial charge in [0.1, 0.15) is 0 Å². The molecule has 0 aliphatic heterocycles. The lowest BCUT2D eigenvalue weighted by molar-refractivity contribution is 0.852. The van der Waals surface area contributed by atoms with Gasteiger partial charge in [0.05, 0.1) is 11.0 Å². The molecular weight excluding hydrogens is 220 g/mol. The zero-order valence-electron chi connectivity index (χ0n) is 9.60. The van der Waals surface area contributed by atoms with Crippen molar-refractivity contribution < 1.29 is 0 Å². The highest BCUT2D eigenvalue weighted by Crippen LogP contribution is 2.16. The van der Waals surface area contributed by atoms with Gasteiger partial charge in [0.25, 0.3) is 0 Å². The van der Waals surface area contributed by atoms with Crippen LogP contribution >= 0.6 is 11.8 Å². The van der Waals surface area contributed by atoms with Crippen molar-refractivity contribution in [1.29, 1.82) is 0 Å². The summed E-state index contributed by atoms with van der Waals surface area (Å²) in [4.78, 5) is 12.1. The monoisotopic (exact) mass is 234 g/mol. The van der Waals surface area contributed by atoms with Gasteiger partial charge in [-0.1, -0.05) is 12.1 Å². The predicted octanol–water partition coefficient (Wildman–Crippen LogP) is 2.52. The fourth-order valence-electron chi connectivity index (χ4n) is 1.86. The van der Waals surface area contributed by atoms with Gasteiger partial charge in [0, 0.05) is 12.7 Å². The third-order valence-electron chi connectivity index (χ3n) is 2.60. The first kappa shape index (κ1) is 11.1. The minimum absolute atomic E-state index is 0.00370.